The Morgan fingerprint density at radius 1 is 0.741 bits per heavy atom. The van der Waals surface area contributed by atoms with Crippen LogP contribution in [-0.2, 0) is 9.53 Å². The zero-order chi connectivity index (χ0) is 18.0. The maximum absolute atomic E-state index is 12.7. The Balaban J connectivity index is 0.00000243. The number of ether oxygens (including phenoxy) is 1. The second-order valence-electron chi connectivity index (χ2n) is 9.98. The van der Waals surface area contributed by atoms with Crippen LogP contribution < -0.4 is 0 Å². The number of hydrogen-bond donors (Lipinski definition) is 0. The molecule has 0 saturated heterocycles. The second kappa shape index (κ2) is 10.8. The van der Waals surface area contributed by atoms with Crippen molar-refractivity contribution in [1.29, 1.82) is 0 Å². The molecular formula is C23H46O4. The maximum Gasteiger partial charge on any atom is 0.309 e. The lowest BCUT2D eigenvalue weighted by atomic mass is 9.69. The highest BCUT2D eigenvalue weighted by atomic mass is 16.5. The number of rotatable bonds is 3. The highest BCUT2D eigenvalue weighted by molar-refractivity contribution is 5.72. The van der Waals surface area contributed by atoms with Gasteiger partial charge in [-0.15, -0.1) is 0 Å². The third-order valence-electron chi connectivity index (χ3n) is 8.18. The van der Waals surface area contributed by atoms with Gasteiger partial charge in [-0.3, -0.25) is 4.79 Å². The molecule has 3 fully saturated rings. The smallest absolute Gasteiger partial charge is 0.309 e. The van der Waals surface area contributed by atoms with Crippen molar-refractivity contribution in [1.82, 2.24) is 0 Å². The molecule has 0 amide bonds. The SMILES string of the molecule is CC1CCC(C2CCC(C(=O)OC3CC(C)C(C)C(C)C3)CC2)CC1.O.O.[HH]. The van der Waals surface area contributed by atoms with Gasteiger partial charge in [-0.1, -0.05) is 40.5 Å². The average molecular weight is 387 g/mol. The van der Waals surface area contributed by atoms with Crippen molar-refractivity contribution >= 4 is 5.97 Å². The minimum absolute atomic E-state index is 0. The van der Waals surface area contributed by atoms with E-state index >= 15 is 0 Å². The molecule has 27 heavy (non-hydrogen) atoms. The van der Waals surface area contributed by atoms with Gasteiger partial charge in [0.05, 0.1) is 5.92 Å². The van der Waals surface area contributed by atoms with Gasteiger partial charge in [-0.2, -0.15) is 0 Å². The lowest BCUT2D eigenvalue weighted by Gasteiger charge is -2.39. The van der Waals surface area contributed by atoms with Gasteiger partial charge in [0, 0.05) is 1.43 Å². The molecule has 0 radical (unpaired) electrons. The first-order chi connectivity index (χ1) is 11.9. The summed E-state index contributed by atoms with van der Waals surface area (Å²) < 4.78 is 5.98. The van der Waals surface area contributed by atoms with Crippen LogP contribution in [0.4, 0.5) is 0 Å². The quantitative estimate of drug-likeness (QED) is 0.650. The Morgan fingerprint density at radius 2 is 1.19 bits per heavy atom. The Bertz CT molecular complexity index is 430. The van der Waals surface area contributed by atoms with Crippen LogP contribution >= 0.6 is 0 Å². The van der Waals surface area contributed by atoms with Crippen LogP contribution in [0.3, 0.4) is 0 Å². The lowest BCUT2D eigenvalue weighted by molar-refractivity contribution is -0.159. The molecule has 0 bridgehead atoms. The fourth-order valence-corrected chi connectivity index (χ4v) is 5.86. The van der Waals surface area contributed by atoms with Crippen molar-refractivity contribution in [3.8, 4) is 0 Å². The summed E-state index contributed by atoms with van der Waals surface area (Å²) in [6, 6.07) is 0. The first-order valence-corrected chi connectivity index (χ1v) is 11.1. The minimum Gasteiger partial charge on any atom is -0.462 e. The van der Waals surface area contributed by atoms with Gasteiger partial charge in [-0.05, 0) is 86.9 Å². The summed E-state index contributed by atoms with van der Waals surface area (Å²) in [5, 5.41) is 0. The molecule has 0 spiro atoms. The van der Waals surface area contributed by atoms with Gasteiger partial charge in [0.1, 0.15) is 6.10 Å². The van der Waals surface area contributed by atoms with Crippen molar-refractivity contribution < 1.29 is 21.9 Å². The van der Waals surface area contributed by atoms with E-state index in [2.05, 4.69) is 27.7 Å². The Labute approximate surface area is 167 Å². The Morgan fingerprint density at radius 3 is 1.67 bits per heavy atom. The molecule has 4 heteroatoms. The fourth-order valence-electron chi connectivity index (χ4n) is 5.86. The highest BCUT2D eigenvalue weighted by Gasteiger charge is 2.36. The predicted octanol–water partition coefficient (Wildman–Crippen LogP) is 4.83. The number of hydrogen-bond acceptors (Lipinski definition) is 2. The molecule has 0 aromatic heterocycles. The van der Waals surface area contributed by atoms with E-state index in [0.29, 0.717) is 11.8 Å². The first-order valence-electron chi connectivity index (χ1n) is 11.1. The van der Waals surface area contributed by atoms with E-state index in [4.69, 9.17) is 4.74 Å². The van der Waals surface area contributed by atoms with E-state index < -0.39 is 0 Å². The summed E-state index contributed by atoms with van der Waals surface area (Å²) in [5.74, 6) is 5.16. The third kappa shape index (κ3) is 6.19. The molecule has 3 aliphatic carbocycles. The fraction of sp³-hybridized carbons (Fsp3) is 0.957. The lowest BCUT2D eigenvalue weighted by Crippen LogP contribution is -2.36. The van der Waals surface area contributed by atoms with Gasteiger partial charge >= 0.3 is 5.97 Å². The number of carbonyl (C=O) groups excluding carboxylic acids is 1. The number of esters is 1. The van der Waals surface area contributed by atoms with Crippen LogP contribution in [0.2, 0.25) is 0 Å². The molecular weight excluding hydrogens is 340 g/mol. The van der Waals surface area contributed by atoms with E-state index in [1.807, 2.05) is 0 Å². The molecule has 0 heterocycles. The topological polar surface area (TPSA) is 89.3 Å². The molecule has 0 aliphatic heterocycles. The van der Waals surface area contributed by atoms with Crippen molar-refractivity contribution in [2.45, 2.75) is 98.0 Å². The van der Waals surface area contributed by atoms with Crippen LogP contribution in [0.5, 0.6) is 0 Å². The summed E-state index contributed by atoms with van der Waals surface area (Å²) in [6.07, 6.45) is 12.7. The third-order valence-corrected chi connectivity index (χ3v) is 8.18. The molecule has 3 aliphatic rings. The van der Waals surface area contributed by atoms with Crippen LogP contribution in [0.1, 0.15) is 93.3 Å². The number of carbonyl (C=O) groups is 1. The van der Waals surface area contributed by atoms with Gasteiger partial charge in [-0.25, -0.2) is 0 Å². The zero-order valence-electron chi connectivity index (χ0n) is 18.0. The van der Waals surface area contributed by atoms with Crippen molar-refractivity contribution in [3.05, 3.63) is 0 Å². The van der Waals surface area contributed by atoms with Crippen molar-refractivity contribution in [3.63, 3.8) is 0 Å². The van der Waals surface area contributed by atoms with Gasteiger partial charge in [0.25, 0.3) is 0 Å². The molecule has 4 N–H and O–H groups in total. The second-order valence-corrected chi connectivity index (χ2v) is 9.98. The predicted molar refractivity (Wildman–Crippen MR) is 113 cm³/mol. The monoisotopic (exact) mass is 386 g/mol. The van der Waals surface area contributed by atoms with Crippen molar-refractivity contribution in [2.75, 3.05) is 0 Å². The zero-order valence-corrected chi connectivity index (χ0v) is 18.0. The molecule has 4 nitrogen and oxygen atoms in total. The van der Waals surface area contributed by atoms with Crippen LogP contribution in [0, 0.1) is 41.4 Å². The highest BCUT2D eigenvalue weighted by Crippen LogP contribution is 2.42. The summed E-state index contributed by atoms with van der Waals surface area (Å²) in [4.78, 5) is 12.7. The van der Waals surface area contributed by atoms with Gasteiger partial charge < -0.3 is 15.7 Å². The van der Waals surface area contributed by atoms with Crippen LogP contribution in [0.25, 0.3) is 0 Å². The van der Waals surface area contributed by atoms with E-state index in [-0.39, 0.29) is 30.4 Å². The summed E-state index contributed by atoms with van der Waals surface area (Å²) in [6.45, 7) is 9.38. The molecule has 0 aromatic rings. The van der Waals surface area contributed by atoms with Crippen LogP contribution in [0.15, 0.2) is 0 Å². The van der Waals surface area contributed by atoms with E-state index in [0.717, 1.165) is 49.4 Å². The summed E-state index contributed by atoms with van der Waals surface area (Å²) >= 11 is 0. The molecule has 162 valence electrons. The molecule has 3 rings (SSSR count). The molecule has 0 aromatic carbocycles. The Kier molecular flexibility index (Phi) is 9.77. The minimum atomic E-state index is 0. The van der Waals surface area contributed by atoms with Crippen LogP contribution in [-0.4, -0.2) is 23.0 Å². The largest absolute Gasteiger partial charge is 0.462 e. The van der Waals surface area contributed by atoms with Gasteiger partial charge in [0.2, 0.25) is 0 Å². The van der Waals surface area contributed by atoms with E-state index in [1.165, 1.54) is 38.5 Å². The molecule has 3 saturated carbocycles. The molecule has 2 unspecified atom stereocenters. The Hall–Kier alpha value is -0.610. The van der Waals surface area contributed by atoms with E-state index in [9.17, 15) is 4.79 Å². The van der Waals surface area contributed by atoms with Crippen molar-refractivity contribution in [2.24, 2.45) is 41.4 Å². The standard InChI is InChI=1S/C23H40O2.2H2O.H2/c1-15-5-7-19(8-6-15)20-9-11-21(12-10-20)23(24)25-22-13-16(2)18(4)17(3)14-22;;;/h15-22H,5-14H2,1-4H3;2*1H2;1H. The van der Waals surface area contributed by atoms with E-state index in [1.54, 1.807) is 0 Å². The van der Waals surface area contributed by atoms with Gasteiger partial charge in [0.15, 0.2) is 0 Å². The first kappa shape index (κ1) is 24.4. The normalized spacial score (nSPS) is 42.4. The summed E-state index contributed by atoms with van der Waals surface area (Å²) in [5.41, 5.74) is 0. The molecule has 2 atom stereocenters. The maximum atomic E-state index is 12.7. The average Bonchev–Trinajstić information content (AvgIpc) is 2.60. The summed E-state index contributed by atoms with van der Waals surface area (Å²) in [7, 11) is 0.